The number of sulfonamides is 1. The van der Waals surface area contributed by atoms with Gasteiger partial charge in [-0.3, -0.25) is 4.79 Å². The Hall–Kier alpha value is -1.60. The summed E-state index contributed by atoms with van der Waals surface area (Å²) in [6.45, 7) is 8.98. The lowest BCUT2D eigenvalue weighted by molar-refractivity contribution is -0.116. The summed E-state index contributed by atoms with van der Waals surface area (Å²) >= 11 is 0. The number of carbonyl (C=O) groups excluding carboxylic acids is 1. The van der Waals surface area contributed by atoms with Gasteiger partial charge in [-0.15, -0.1) is 0 Å². The van der Waals surface area contributed by atoms with E-state index in [0.29, 0.717) is 18.5 Å². The van der Waals surface area contributed by atoms with Crippen LogP contribution in [0.1, 0.15) is 91.9 Å². The number of carbonyl (C=O) groups is 1. The molecule has 1 heterocycles. The minimum atomic E-state index is -3.70. The predicted molar refractivity (Wildman–Crippen MR) is 129 cm³/mol. The molecule has 2 N–H and O–H groups in total. The third kappa shape index (κ3) is 7.79. The summed E-state index contributed by atoms with van der Waals surface area (Å²) in [5.41, 5.74) is 1.26. The fourth-order valence-corrected chi connectivity index (χ4v) is 5.59. The molecule has 1 aromatic rings. The number of amides is 1. The second-order valence-electron chi connectivity index (χ2n) is 8.86. The van der Waals surface area contributed by atoms with Crippen LogP contribution in [0.5, 0.6) is 0 Å². The Morgan fingerprint density at radius 1 is 1.16 bits per heavy atom. The van der Waals surface area contributed by atoms with E-state index in [1.165, 1.54) is 12.8 Å². The number of hydrogen-bond acceptors (Lipinski definition) is 4. The van der Waals surface area contributed by atoms with Crippen LogP contribution in [0.25, 0.3) is 0 Å². The highest BCUT2D eigenvalue weighted by molar-refractivity contribution is 7.89. The zero-order valence-electron chi connectivity index (χ0n) is 19.7. The van der Waals surface area contributed by atoms with E-state index in [1.807, 2.05) is 26.0 Å². The summed E-state index contributed by atoms with van der Waals surface area (Å²) in [7, 11) is -3.70. The lowest BCUT2D eigenvalue weighted by Crippen LogP contribution is -2.39. The Morgan fingerprint density at radius 2 is 1.90 bits per heavy atom. The molecule has 0 aliphatic carbocycles. The first kappa shape index (κ1) is 25.7. The van der Waals surface area contributed by atoms with Crippen molar-refractivity contribution in [1.82, 2.24) is 4.72 Å². The average Bonchev–Trinajstić information content (AvgIpc) is 2.73. The summed E-state index contributed by atoms with van der Waals surface area (Å²) in [6, 6.07) is 5.43. The summed E-state index contributed by atoms with van der Waals surface area (Å²) in [5, 5.41) is 2.90. The highest BCUT2D eigenvalue weighted by Crippen LogP contribution is 2.33. The molecule has 1 aliphatic heterocycles. The van der Waals surface area contributed by atoms with E-state index in [-0.39, 0.29) is 22.9 Å². The predicted octanol–water partition coefficient (Wildman–Crippen LogP) is 5.44. The number of rotatable bonds is 12. The van der Waals surface area contributed by atoms with Crippen LogP contribution in [0, 0.1) is 0 Å². The standard InChI is InChI=1S/C24H41N3O3S/c1-5-7-8-9-10-14-24(28)25-21-15-16-22(27-17-12-11-13-20(27)4)23(18-21)31(29,30)26-19(3)6-2/h15-16,18-20,26H,5-14,17H2,1-4H3,(H,25,28)/t19-,20-/m0/s1. The quantitative estimate of drug-likeness (QED) is 0.415. The van der Waals surface area contributed by atoms with Crippen LogP contribution in [0.4, 0.5) is 11.4 Å². The number of anilines is 2. The Kier molecular flexibility index (Phi) is 10.3. The molecule has 1 aromatic carbocycles. The molecule has 2 rings (SSSR count). The van der Waals surface area contributed by atoms with Gasteiger partial charge in [0.1, 0.15) is 4.90 Å². The van der Waals surface area contributed by atoms with Gasteiger partial charge < -0.3 is 10.2 Å². The van der Waals surface area contributed by atoms with Crippen LogP contribution in [0.15, 0.2) is 23.1 Å². The normalized spacial score (nSPS) is 18.1. The Morgan fingerprint density at radius 3 is 2.58 bits per heavy atom. The van der Waals surface area contributed by atoms with E-state index in [1.54, 1.807) is 6.07 Å². The summed E-state index contributed by atoms with van der Waals surface area (Å²) < 4.78 is 29.2. The molecule has 2 atom stereocenters. The molecule has 0 unspecified atom stereocenters. The summed E-state index contributed by atoms with van der Waals surface area (Å²) in [6.07, 6.45) is 9.87. The number of hydrogen-bond donors (Lipinski definition) is 2. The lowest BCUT2D eigenvalue weighted by Gasteiger charge is -2.36. The maximum atomic E-state index is 13.2. The van der Waals surface area contributed by atoms with Crippen molar-refractivity contribution in [3.05, 3.63) is 18.2 Å². The molecule has 0 spiro atoms. The maximum Gasteiger partial charge on any atom is 0.242 e. The highest BCUT2D eigenvalue weighted by Gasteiger charge is 2.27. The number of nitrogens with one attached hydrogen (secondary N) is 2. The monoisotopic (exact) mass is 451 g/mol. The molecule has 176 valence electrons. The molecule has 0 aromatic heterocycles. The Bertz CT molecular complexity index is 810. The molecule has 6 nitrogen and oxygen atoms in total. The minimum absolute atomic E-state index is 0.0613. The van der Waals surface area contributed by atoms with Gasteiger partial charge in [0, 0.05) is 30.7 Å². The van der Waals surface area contributed by atoms with Gasteiger partial charge in [0.25, 0.3) is 0 Å². The van der Waals surface area contributed by atoms with Crippen molar-refractivity contribution >= 4 is 27.3 Å². The van der Waals surface area contributed by atoms with Crippen molar-refractivity contribution in [1.29, 1.82) is 0 Å². The van der Waals surface area contributed by atoms with E-state index in [2.05, 4.69) is 28.8 Å². The molecular weight excluding hydrogens is 410 g/mol. The van der Waals surface area contributed by atoms with Crippen molar-refractivity contribution in [3.63, 3.8) is 0 Å². The fourth-order valence-electron chi connectivity index (χ4n) is 4.02. The SMILES string of the molecule is CCCCCCCC(=O)Nc1ccc(N2CCCC[C@@H]2C)c(S(=O)(=O)N[C@@H](C)CC)c1. The van der Waals surface area contributed by atoms with Crippen LogP contribution >= 0.6 is 0 Å². The molecule has 7 heteroatoms. The Labute approximate surface area is 189 Å². The van der Waals surface area contributed by atoms with Gasteiger partial charge in [0.05, 0.1) is 5.69 Å². The Balaban J connectivity index is 2.23. The van der Waals surface area contributed by atoms with Crippen molar-refractivity contribution in [2.45, 2.75) is 109 Å². The van der Waals surface area contributed by atoms with Crippen LogP contribution < -0.4 is 14.9 Å². The zero-order valence-corrected chi connectivity index (χ0v) is 20.6. The van der Waals surface area contributed by atoms with Crippen molar-refractivity contribution in [2.75, 3.05) is 16.8 Å². The van der Waals surface area contributed by atoms with Crippen LogP contribution in [-0.2, 0) is 14.8 Å². The van der Waals surface area contributed by atoms with Gasteiger partial charge in [0.2, 0.25) is 15.9 Å². The van der Waals surface area contributed by atoms with E-state index < -0.39 is 10.0 Å². The van der Waals surface area contributed by atoms with Crippen LogP contribution in [-0.4, -0.2) is 33.0 Å². The lowest BCUT2D eigenvalue weighted by atomic mass is 10.0. The van der Waals surface area contributed by atoms with Crippen LogP contribution in [0.3, 0.4) is 0 Å². The first-order valence-electron chi connectivity index (χ1n) is 12.0. The fraction of sp³-hybridized carbons (Fsp3) is 0.708. The van der Waals surface area contributed by atoms with Gasteiger partial charge in [-0.05, 0) is 64.2 Å². The molecule has 0 saturated carbocycles. The maximum absolute atomic E-state index is 13.2. The molecule has 31 heavy (non-hydrogen) atoms. The molecule has 1 saturated heterocycles. The molecular formula is C24H41N3O3S. The molecule has 0 radical (unpaired) electrons. The second kappa shape index (κ2) is 12.4. The van der Waals surface area contributed by atoms with Gasteiger partial charge >= 0.3 is 0 Å². The third-order valence-corrected chi connectivity index (χ3v) is 7.74. The van der Waals surface area contributed by atoms with E-state index in [0.717, 1.165) is 50.8 Å². The summed E-state index contributed by atoms with van der Waals surface area (Å²) in [4.78, 5) is 14.8. The molecule has 1 aliphatic rings. The summed E-state index contributed by atoms with van der Waals surface area (Å²) in [5.74, 6) is -0.0613. The smallest absolute Gasteiger partial charge is 0.242 e. The molecule has 1 fully saturated rings. The van der Waals surface area contributed by atoms with Gasteiger partial charge in [-0.25, -0.2) is 13.1 Å². The van der Waals surface area contributed by atoms with Crippen LogP contribution in [0.2, 0.25) is 0 Å². The topological polar surface area (TPSA) is 78.5 Å². The number of benzene rings is 1. The van der Waals surface area contributed by atoms with Crippen molar-refractivity contribution < 1.29 is 13.2 Å². The van der Waals surface area contributed by atoms with Crippen molar-refractivity contribution in [3.8, 4) is 0 Å². The largest absolute Gasteiger partial charge is 0.368 e. The van der Waals surface area contributed by atoms with E-state index in [9.17, 15) is 13.2 Å². The average molecular weight is 452 g/mol. The highest BCUT2D eigenvalue weighted by atomic mass is 32.2. The number of unbranched alkanes of at least 4 members (excludes halogenated alkanes) is 4. The minimum Gasteiger partial charge on any atom is -0.368 e. The van der Waals surface area contributed by atoms with Crippen molar-refractivity contribution in [2.24, 2.45) is 0 Å². The first-order chi connectivity index (χ1) is 14.8. The van der Waals surface area contributed by atoms with Gasteiger partial charge in [-0.1, -0.05) is 39.5 Å². The first-order valence-corrected chi connectivity index (χ1v) is 13.5. The number of piperidine rings is 1. The van der Waals surface area contributed by atoms with E-state index in [4.69, 9.17) is 0 Å². The second-order valence-corrected chi connectivity index (χ2v) is 10.5. The molecule has 1 amide bonds. The van der Waals surface area contributed by atoms with Gasteiger partial charge in [-0.2, -0.15) is 0 Å². The third-order valence-electron chi connectivity index (χ3n) is 6.12. The van der Waals surface area contributed by atoms with E-state index >= 15 is 0 Å². The molecule has 0 bridgehead atoms. The van der Waals surface area contributed by atoms with Gasteiger partial charge in [0.15, 0.2) is 0 Å². The zero-order chi connectivity index (χ0) is 22.9. The number of nitrogens with zero attached hydrogens (tertiary/aromatic N) is 1.